The number of nitrogens with zero attached hydrogens (tertiary/aromatic N) is 4. The Hall–Kier alpha value is -3.65. The highest BCUT2D eigenvalue weighted by molar-refractivity contribution is 6.34. The zero-order valence-corrected chi connectivity index (χ0v) is 21.3. The monoisotopic (exact) mass is 516 g/mol. The van der Waals surface area contributed by atoms with Crippen LogP contribution in [-0.4, -0.2) is 53.0 Å². The van der Waals surface area contributed by atoms with E-state index in [1.807, 2.05) is 35.2 Å². The molecular formula is C28H29ClN6O2. The standard InChI is InChI=1S/C28H29ClN6O2/c29-23-18-21(17-22-24(23)32-27(37)33-28(22)9-2-1-3-10-28)19-5-7-20(8-6-19)25(36)34-13-15-35(16-14-34)26-30-11-4-12-31-26/h4-8,11-12,17-18H,1-3,9-10,13-16H2,(H2,32,33,37). The zero-order valence-electron chi connectivity index (χ0n) is 20.5. The molecule has 3 amide bonds. The molecule has 2 aliphatic heterocycles. The smallest absolute Gasteiger partial charge is 0.319 e. The van der Waals surface area contributed by atoms with Crippen LogP contribution in [0.25, 0.3) is 11.1 Å². The Morgan fingerprint density at radius 3 is 2.32 bits per heavy atom. The lowest BCUT2D eigenvalue weighted by Gasteiger charge is -2.43. The first-order valence-corrected chi connectivity index (χ1v) is 13.3. The van der Waals surface area contributed by atoms with Gasteiger partial charge in [-0.15, -0.1) is 0 Å². The number of fused-ring (bicyclic) bond motifs is 2. The Kier molecular flexibility index (Phi) is 6.20. The van der Waals surface area contributed by atoms with Crippen molar-refractivity contribution < 1.29 is 9.59 Å². The lowest BCUT2D eigenvalue weighted by atomic mass is 9.74. The number of aromatic nitrogens is 2. The number of piperazine rings is 1. The molecule has 1 saturated heterocycles. The maximum absolute atomic E-state index is 13.2. The summed E-state index contributed by atoms with van der Waals surface area (Å²) < 4.78 is 0. The number of amides is 3. The van der Waals surface area contributed by atoms with E-state index in [-0.39, 0.29) is 17.5 Å². The van der Waals surface area contributed by atoms with E-state index < -0.39 is 0 Å². The molecule has 6 rings (SSSR count). The molecular weight excluding hydrogens is 488 g/mol. The molecule has 0 bridgehead atoms. The molecule has 3 heterocycles. The Balaban J connectivity index is 1.20. The molecule has 8 nitrogen and oxygen atoms in total. The molecule has 2 N–H and O–H groups in total. The molecule has 2 fully saturated rings. The second-order valence-electron chi connectivity index (χ2n) is 10.0. The molecule has 0 unspecified atom stereocenters. The summed E-state index contributed by atoms with van der Waals surface area (Å²) in [4.78, 5) is 38.2. The number of urea groups is 1. The summed E-state index contributed by atoms with van der Waals surface area (Å²) in [6.45, 7) is 2.65. The van der Waals surface area contributed by atoms with Gasteiger partial charge in [0.05, 0.1) is 16.2 Å². The second-order valence-corrected chi connectivity index (χ2v) is 10.4. The zero-order chi connectivity index (χ0) is 25.4. The van der Waals surface area contributed by atoms with Crippen LogP contribution < -0.4 is 15.5 Å². The van der Waals surface area contributed by atoms with Gasteiger partial charge in [0, 0.05) is 49.7 Å². The molecule has 3 aliphatic rings. The lowest BCUT2D eigenvalue weighted by Crippen LogP contribution is -2.52. The molecule has 2 aromatic carbocycles. The number of carbonyl (C=O) groups excluding carboxylic acids is 2. The molecule has 1 spiro atoms. The maximum Gasteiger partial charge on any atom is 0.319 e. The van der Waals surface area contributed by atoms with Crippen molar-refractivity contribution in [2.45, 2.75) is 37.6 Å². The number of anilines is 2. The van der Waals surface area contributed by atoms with Crippen LogP contribution in [0.5, 0.6) is 0 Å². The van der Waals surface area contributed by atoms with E-state index in [1.165, 1.54) is 6.42 Å². The average molecular weight is 517 g/mol. The van der Waals surface area contributed by atoms with Crippen LogP contribution in [-0.2, 0) is 5.54 Å². The Morgan fingerprint density at radius 1 is 0.919 bits per heavy atom. The molecule has 37 heavy (non-hydrogen) atoms. The third kappa shape index (κ3) is 4.50. The Labute approximate surface area is 221 Å². The second kappa shape index (κ2) is 9.67. The Bertz CT molecular complexity index is 1320. The van der Waals surface area contributed by atoms with Crippen molar-refractivity contribution >= 4 is 35.2 Å². The molecule has 0 atom stereocenters. The largest absolute Gasteiger partial charge is 0.337 e. The number of rotatable bonds is 3. The molecule has 1 aliphatic carbocycles. The third-order valence-electron chi connectivity index (χ3n) is 7.77. The van der Waals surface area contributed by atoms with Crippen molar-refractivity contribution in [3.63, 3.8) is 0 Å². The van der Waals surface area contributed by atoms with E-state index in [4.69, 9.17) is 11.6 Å². The van der Waals surface area contributed by atoms with Gasteiger partial charge >= 0.3 is 6.03 Å². The molecule has 1 saturated carbocycles. The predicted molar refractivity (Wildman–Crippen MR) is 144 cm³/mol. The Morgan fingerprint density at radius 2 is 1.62 bits per heavy atom. The lowest BCUT2D eigenvalue weighted by molar-refractivity contribution is 0.0746. The number of nitrogens with one attached hydrogen (secondary N) is 2. The van der Waals surface area contributed by atoms with Crippen molar-refractivity contribution in [2.24, 2.45) is 0 Å². The van der Waals surface area contributed by atoms with E-state index >= 15 is 0 Å². The maximum atomic E-state index is 13.2. The highest BCUT2D eigenvalue weighted by atomic mass is 35.5. The van der Waals surface area contributed by atoms with Crippen LogP contribution in [0.15, 0.2) is 54.9 Å². The minimum Gasteiger partial charge on any atom is -0.337 e. The van der Waals surface area contributed by atoms with Gasteiger partial charge in [-0.1, -0.05) is 43.0 Å². The van der Waals surface area contributed by atoms with Crippen LogP contribution in [0, 0.1) is 0 Å². The average Bonchev–Trinajstić information content (AvgIpc) is 2.94. The highest BCUT2D eigenvalue weighted by Crippen LogP contribution is 2.46. The number of carbonyl (C=O) groups is 2. The van der Waals surface area contributed by atoms with Crippen LogP contribution in [0.1, 0.15) is 48.0 Å². The van der Waals surface area contributed by atoms with Crippen LogP contribution in [0.3, 0.4) is 0 Å². The van der Waals surface area contributed by atoms with Crippen LogP contribution in [0.4, 0.5) is 16.4 Å². The first-order valence-electron chi connectivity index (χ1n) is 12.9. The van der Waals surface area contributed by atoms with Gasteiger partial charge in [-0.05, 0) is 54.3 Å². The SMILES string of the molecule is O=C1Nc2c(Cl)cc(-c3ccc(C(=O)N4CCN(c5ncccn5)CC4)cc3)cc2C2(CCCCC2)N1. The third-order valence-corrected chi connectivity index (χ3v) is 8.07. The number of hydrogen-bond donors (Lipinski definition) is 2. The van der Waals surface area contributed by atoms with Crippen molar-refractivity contribution in [2.75, 3.05) is 36.4 Å². The van der Waals surface area contributed by atoms with Crippen molar-refractivity contribution in [3.8, 4) is 11.1 Å². The fourth-order valence-electron chi connectivity index (χ4n) is 5.81. The predicted octanol–water partition coefficient (Wildman–Crippen LogP) is 5.05. The summed E-state index contributed by atoms with van der Waals surface area (Å²) in [5.41, 5.74) is 4.00. The van der Waals surface area contributed by atoms with Gasteiger partial charge in [0.2, 0.25) is 5.95 Å². The number of halogens is 1. The van der Waals surface area contributed by atoms with E-state index in [1.54, 1.807) is 18.5 Å². The summed E-state index contributed by atoms with van der Waals surface area (Å²) in [5, 5.41) is 6.64. The van der Waals surface area contributed by atoms with Crippen molar-refractivity contribution in [3.05, 3.63) is 71.0 Å². The number of benzene rings is 2. The summed E-state index contributed by atoms with van der Waals surface area (Å²) in [7, 11) is 0. The fourth-order valence-corrected chi connectivity index (χ4v) is 6.08. The van der Waals surface area contributed by atoms with Crippen molar-refractivity contribution in [1.82, 2.24) is 20.2 Å². The van der Waals surface area contributed by atoms with Gasteiger partial charge in [-0.3, -0.25) is 4.79 Å². The number of hydrogen-bond acceptors (Lipinski definition) is 5. The molecule has 0 radical (unpaired) electrons. The van der Waals surface area contributed by atoms with Crippen molar-refractivity contribution in [1.29, 1.82) is 0 Å². The van der Waals surface area contributed by atoms with Crippen LogP contribution >= 0.6 is 11.6 Å². The molecule has 1 aromatic heterocycles. The van der Waals surface area contributed by atoms with E-state index in [0.29, 0.717) is 48.4 Å². The first-order chi connectivity index (χ1) is 18.0. The van der Waals surface area contributed by atoms with E-state index in [9.17, 15) is 9.59 Å². The van der Waals surface area contributed by atoms with Gasteiger partial charge in [-0.25, -0.2) is 14.8 Å². The molecule has 9 heteroatoms. The summed E-state index contributed by atoms with van der Waals surface area (Å²) >= 11 is 6.69. The fraction of sp³-hybridized carbons (Fsp3) is 0.357. The summed E-state index contributed by atoms with van der Waals surface area (Å²) in [6, 6.07) is 13.4. The topological polar surface area (TPSA) is 90.5 Å². The van der Waals surface area contributed by atoms with Gasteiger partial charge in [0.1, 0.15) is 0 Å². The van der Waals surface area contributed by atoms with Crippen LogP contribution in [0.2, 0.25) is 5.02 Å². The molecule has 3 aromatic rings. The molecule has 190 valence electrons. The van der Waals surface area contributed by atoms with Gasteiger partial charge in [0.15, 0.2) is 0 Å². The minimum atomic E-state index is -0.377. The normalized spacial score (nSPS) is 18.7. The first kappa shape index (κ1) is 23.7. The summed E-state index contributed by atoms with van der Waals surface area (Å²) in [5.74, 6) is 0.726. The van der Waals surface area contributed by atoms with Gasteiger partial charge in [0.25, 0.3) is 5.91 Å². The quantitative estimate of drug-likeness (QED) is 0.508. The summed E-state index contributed by atoms with van der Waals surface area (Å²) in [6.07, 6.45) is 8.61. The minimum absolute atomic E-state index is 0.0247. The van der Waals surface area contributed by atoms with E-state index in [0.717, 1.165) is 42.4 Å². The van der Waals surface area contributed by atoms with Gasteiger partial charge < -0.3 is 20.4 Å². The van der Waals surface area contributed by atoms with Gasteiger partial charge in [-0.2, -0.15) is 0 Å². The van der Waals surface area contributed by atoms with E-state index in [2.05, 4.69) is 31.6 Å². The highest BCUT2D eigenvalue weighted by Gasteiger charge is 2.41.